The minimum Gasteiger partial charge on any atom is -0.292 e. The van der Waals surface area contributed by atoms with Crippen LogP contribution in [0, 0.1) is 0 Å². The first kappa shape index (κ1) is 13.5. The molecule has 0 unspecified atom stereocenters. The lowest BCUT2D eigenvalue weighted by Gasteiger charge is -2.04. The average molecular weight is 249 g/mol. The normalized spacial score (nSPS) is 9.76. The van der Waals surface area contributed by atoms with Gasteiger partial charge in [0.15, 0.2) is 0 Å². The Morgan fingerprint density at radius 2 is 1.88 bits per heavy atom. The van der Waals surface area contributed by atoms with Gasteiger partial charge in [0.05, 0.1) is 6.42 Å². The van der Waals surface area contributed by atoms with Crippen LogP contribution >= 0.6 is 11.8 Å². The molecule has 0 aliphatic heterocycles. The zero-order chi connectivity index (χ0) is 12.8. The average Bonchev–Trinajstić information content (AvgIpc) is 2.29. The number of carbonyl (C=O) groups is 2. The number of imide groups is 1. The largest absolute Gasteiger partial charge is 0.292 e. The summed E-state index contributed by atoms with van der Waals surface area (Å²) >= 11 is 1.64. The summed E-state index contributed by atoms with van der Waals surface area (Å²) in [6, 6.07) is 7.68. The van der Waals surface area contributed by atoms with E-state index in [0.717, 1.165) is 10.5 Å². The van der Waals surface area contributed by atoms with Gasteiger partial charge in [0.1, 0.15) is 0 Å². The molecule has 1 aromatic rings. The van der Waals surface area contributed by atoms with E-state index < -0.39 is 5.91 Å². The maximum Gasteiger partial charge on any atom is 0.252 e. The molecule has 0 saturated heterocycles. The van der Waals surface area contributed by atoms with Crippen LogP contribution in [0.3, 0.4) is 0 Å². The van der Waals surface area contributed by atoms with E-state index in [1.165, 1.54) is 0 Å². The van der Waals surface area contributed by atoms with Crippen LogP contribution in [0.4, 0.5) is 0 Å². The monoisotopic (exact) mass is 249 g/mol. The van der Waals surface area contributed by atoms with E-state index in [-0.39, 0.29) is 12.3 Å². The van der Waals surface area contributed by atoms with Crippen molar-refractivity contribution in [2.75, 3.05) is 6.26 Å². The van der Waals surface area contributed by atoms with Crippen LogP contribution in [0.1, 0.15) is 12.5 Å². The number of rotatable bonds is 4. The second-order valence-electron chi connectivity index (χ2n) is 3.68. The van der Waals surface area contributed by atoms with Crippen LogP contribution < -0.4 is 5.32 Å². The van der Waals surface area contributed by atoms with Gasteiger partial charge >= 0.3 is 0 Å². The Morgan fingerprint density at radius 1 is 1.29 bits per heavy atom. The van der Waals surface area contributed by atoms with Crippen molar-refractivity contribution in [2.45, 2.75) is 18.2 Å². The van der Waals surface area contributed by atoms with Crippen molar-refractivity contribution < 1.29 is 9.59 Å². The van der Waals surface area contributed by atoms with Crippen LogP contribution in [-0.2, 0) is 16.0 Å². The first-order valence-electron chi connectivity index (χ1n) is 5.15. The molecule has 0 radical (unpaired) electrons. The van der Waals surface area contributed by atoms with Gasteiger partial charge in [-0.25, -0.2) is 0 Å². The molecule has 0 bridgehead atoms. The summed E-state index contributed by atoms with van der Waals surface area (Å²) < 4.78 is 0. The Balaban J connectivity index is 2.56. The van der Waals surface area contributed by atoms with Gasteiger partial charge in [0.25, 0.3) is 5.91 Å². The molecule has 1 N–H and O–H groups in total. The number of hydrogen-bond acceptors (Lipinski definition) is 3. The molecule has 1 rings (SSSR count). The second kappa shape index (κ2) is 6.25. The van der Waals surface area contributed by atoms with E-state index in [4.69, 9.17) is 0 Å². The third-order valence-corrected chi connectivity index (χ3v) is 2.91. The number of thioether (sulfide) groups is 1. The highest BCUT2D eigenvalue weighted by Gasteiger charge is 2.08. The molecule has 90 valence electrons. The number of amides is 2. The van der Waals surface area contributed by atoms with Gasteiger partial charge in [-0.1, -0.05) is 18.7 Å². The van der Waals surface area contributed by atoms with E-state index >= 15 is 0 Å². The molecule has 0 saturated carbocycles. The van der Waals surface area contributed by atoms with Crippen LogP contribution in [0.2, 0.25) is 0 Å². The second-order valence-corrected chi connectivity index (χ2v) is 4.56. The molecule has 0 spiro atoms. The van der Waals surface area contributed by atoms with Crippen LogP contribution in [0.25, 0.3) is 0 Å². The summed E-state index contributed by atoms with van der Waals surface area (Å²) in [6.45, 7) is 5.04. The molecule has 4 heteroatoms. The van der Waals surface area contributed by atoms with Crippen molar-refractivity contribution in [3.8, 4) is 0 Å². The molecule has 0 fully saturated rings. The molecule has 0 heterocycles. The van der Waals surface area contributed by atoms with Crippen molar-refractivity contribution >= 4 is 23.6 Å². The van der Waals surface area contributed by atoms with E-state index in [1.807, 2.05) is 30.5 Å². The summed E-state index contributed by atoms with van der Waals surface area (Å²) in [7, 11) is 0. The van der Waals surface area contributed by atoms with E-state index in [0.29, 0.717) is 5.57 Å². The van der Waals surface area contributed by atoms with E-state index in [2.05, 4.69) is 11.9 Å². The summed E-state index contributed by atoms with van der Waals surface area (Å²) in [4.78, 5) is 23.9. The van der Waals surface area contributed by atoms with Gasteiger partial charge in [-0.15, -0.1) is 11.8 Å². The third kappa shape index (κ3) is 4.44. The van der Waals surface area contributed by atoms with Gasteiger partial charge in [-0.3, -0.25) is 14.9 Å². The van der Waals surface area contributed by atoms with Crippen molar-refractivity contribution in [3.05, 3.63) is 42.0 Å². The molecular formula is C13H15NO2S. The van der Waals surface area contributed by atoms with Crippen LogP contribution in [0.5, 0.6) is 0 Å². The predicted octanol–water partition coefficient (Wildman–Crippen LogP) is 2.17. The number of nitrogens with one attached hydrogen (secondary N) is 1. The van der Waals surface area contributed by atoms with Crippen molar-refractivity contribution in [1.29, 1.82) is 0 Å². The predicted molar refractivity (Wildman–Crippen MR) is 69.9 cm³/mol. The molecule has 3 nitrogen and oxygen atoms in total. The Hall–Kier alpha value is -1.55. The van der Waals surface area contributed by atoms with E-state index in [9.17, 15) is 9.59 Å². The molecule has 2 amide bonds. The maximum atomic E-state index is 11.5. The highest BCUT2D eigenvalue weighted by Crippen LogP contribution is 2.14. The molecule has 0 atom stereocenters. The number of benzene rings is 1. The molecular weight excluding hydrogens is 234 g/mol. The van der Waals surface area contributed by atoms with Crippen LogP contribution in [0.15, 0.2) is 41.3 Å². The Bertz CT molecular complexity index is 437. The third-order valence-electron chi connectivity index (χ3n) is 2.16. The summed E-state index contributed by atoms with van der Waals surface area (Å²) in [5.41, 5.74) is 1.21. The molecule has 17 heavy (non-hydrogen) atoms. The summed E-state index contributed by atoms with van der Waals surface area (Å²) in [5.74, 6) is -0.731. The fourth-order valence-electron chi connectivity index (χ4n) is 1.21. The van der Waals surface area contributed by atoms with Crippen molar-refractivity contribution in [1.82, 2.24) is 5.32 Å². The van der Waals surface area contributed by atoms with Crippen molar-refractivity contribution in [2.24, 2.45) is 0 Å². The summed E-state index contributed by atoms with van der Waals surface area (Å²) in [5, 5.41) is 2.27. The first-order chi connectivity index (χ1) is 8.02. The number of hydrogen-bond donors (Lipinski definition) is 1. The topological polar surface area (TPSA) is 46.2 Å². The van der Waals surface area contributed by atoms with Gasteiger partial charge in [0.2, 0.25) is 5.91 Å². The van der Waals surface area contributed by atoms with Crippen molar-refractivity contribution in [3.63, 3.8) is 0 Å². The Morgan fingerprint density at radius 3 is 2.35 bits per heavy atom. The highest BCUT2D eigenvalue weighted by molar-refractivity contribution is 7.98. The highest BCUT2D eigenvalue weighted by atomic mass is 32.2. The van der Waals surface area contributed by atoms with Gasteiger partial charge in [-0.2, -0.15) is 0 Å². The zero-order valence-electron chi connectivity index (χ0n) is 9.95. The Labute approximate surface area is 105 Å². The fourth-order valence-corrected chi connectivity index (χ4v) is 1.61. The standard InChI is InChI=1S/C13H15NO2S/c1-9(2)13(16)14-12(15)8-10-4-6-11(17-3)7-5-10/h4-7H,1,8H2,2-3H3,(H,14,15,16). The quantitative estimate of drug-likeness (QED) is 0.657. The lowest BCUT2D eigenvalue weighted by Crippen LogP contribution is -2.31. The van der Waals surface area contributed by atoms with Gasteiger partial charge in [-0.05, 0) is 30.9 Å². The molecule has 0 aliphatic rings. The van der Waals surface area contributed by atoms with Gasteiger partial charge in [0, 0.05) is 10.5 Å². The maximum absolute atomic E-state index is 11.5. The SMILES string of the molecule is C=C(C)C(=O)NC(=O)Cc1ccc(SC)cc1. The zero-order valence-corrected chi connectivity index (χ0v) is 10.8. The molecule has 0 aliphatic carbocycles. The van der Waals surface area contributed by atoms with Gasteiger partial charge < -0.3 is 0 Å². The minimum atomic E-state index is -0.421. The first-order valence-corrected chi connectivity index (χ1v) is 6.38. The van der Waals surface area contributed by atoms with Crippen LogP contribution in [-0.4, -0.2) is 18.1 Å². The minimum absolute atomic E-state index is 0.202. The lowest BCUT2D eigenvalue weighted by molar-refractivity contribution is -0.128. The Kier molecular flexibility index (Phi) is 4.97. The fraction of sp³-hybridized carbons (Fsp3) is 0.231. The summed E-state index contributed by atoms with van der Waals surface area (Å²) in [6.07, 6.45) is 2.20. The molecule has 1 aromatic carbocycles. The van der Waals surface area contributed by atoms with E-state index in [1.54, 1.807) is 18.7 Å². The number of carbonyl (C=O) groups excluding carboxylic acids is 2. The lowest BCUT2D eigenvalue weighted by atomic mass is 10.1. The molecule has 0 aromatic heterocycles. The smallest absolute Gasteiger partial charge is 0.252 e.